The fourth-order valence-electron chi connectivity index (χ4n) is 3.35. The maximum Gasteiger partial charge on any atom is 0.271 e. The van der Waals surface area contributed by atoms with E-state index in [0.29, 0.717) is 5.69 Å². The Labute approximate surface area is 143 Å². The molecule has 0 saturated carbocycles. The summed E-state index contributed by atoms with van der Waals surface area (Å²) in [4.78, 5) is 15.1. The van der Waals surface area contributed by atoms with Gasteiger partial charge < -0.3 is 15.5 Å². The fraction of sp³-hybridized carbons (Fsp3) is 0.167. The van der Waals surface area contributed by atoms with Crippen molar-refractivity contribution in [3.05, 3.63) is 41.1 Å². The molecule has 4 rings (SSSR count). The van der Waals surface area contributed by atoms with Crippen LogP contribution in [0.25, 0.3) is 33.1 Å². The number of methoxy groups -OCH3 is 1. The predicted octanol–water partition coefficient (Wildman–Crippen LogP) is 2.83. The molecule has 4 N–H and O–H groups in total. The van der Waals surface area contributed by atoms with Gasteiger partial charge in [-0.05, 0) is 49.2 Å². The fourth-order valence-corrected chi connectivity index (χ4v) is 3.35. The lowest BCUT2D eigenvalue weighted by atomic mass is 9.96. The molecule has 4 aromatic rings. The number of nitrogens with two attached hydrogens (primary N) is 1. The van der Waals surface area contributed by atoms with E-state index in [1.54, 1.807) is 7.11 Å². The number of carbonyl (C=O) groups is 1. The number of ether oxygens (including phenoxy) is 1. The summed E-state index contributed by atoms with van der Waals surface area (Å²) < 4.78 is 5.36. The van der Waals surface area contributed by atoms with Crippen molar-refractivity contribution < 1.29 is 9.53 Å². The lowest BCUT2D eigenvalue weighted by Crippen LogP contribution is -2.13. The third-order valence-electron chi connectivity index (χ3n) is 4.58. The van der Waals surface area contributed by atoms with Gasteiger partial charge in [0.2, 0.25) is 0 Å². The number of aromatic nitrogens is 4. The van der Waals surface area contributed by atoms with Gasteiger partial charge >= 0.3 is 0 Å². The molecule has 0 spiro atoms. The van der Waals surface area contributed by atoms with Gasteiger partial charge in [-0.25, -0.2) is 0 Å². The maximum atomic E-state index is 11.6. The van der Waals surface area contributed by atoms with Crippen LogP contribution in [0.15, 0.2) is 24.3 Å². The molecule has 0 aliphatic carbocycles. The molecule has 0 bridgehead atoms. The van der Waals surface area contributed by atoms with E-state index in [1.165, 1.54) is 0 Å². The number of hydrogen-bond donors (Lipinski definition) is 3. The zero-order chi connectivity index (χ0) is 17.7. The van der Waals surface area contributed by atoms with E-state index in [0.717, 1.165) is 44.2 Å². The quantitative estimate of drug-likeness (QED) is 0.534. The summed E-state index contributed by atoms with van der Waals surface area (Å²) in [5, 5.41) is 12.6. The second-order valence-electron chi connectivity index (χ2n) is 6.04. The molecule has 0 aliphatic rings. The average Bonchev–Trinajstić information content (AvgIpc) is 3.22. The van der Waals surface area contributed by atoms with Crippen molar-refractivity contribution in [2.24, 2.45) is 5.73 Å². The van der Waals surface area contributed by atoms with Gasteiger partial charge in [-0.15, -0.1) is 0 Å². The number of primary amides is 1. The molecule has 2 heterocycles. The van der Waals surface area contributed by atoms with Crippen LogP contribution in [0.2, 0.25) is 0 Å². The minimum absolute atomic E-state index is 0.138. The number of H-pyrrole nitrogens is 2. The molecule has 7 heteroatoms. The normalized spacial score (nSPS) is 11.3. The van der Waals surface area contributed by atoms with E-state index in [4.69, 9.17) is 10.5 Å². The number of nitrogens with one attached hydrogen (secondary N) is 2. The molecule has 2 aromatic carbocycles. The average molecular weight is 335 g/mol. The molecule has 2 aromatic heterocycles. The van der Waals surface area contributed by atoms with Crippen molar-refractivity contribution in [2.45, 2.75) is 13.8 Å². The minimum Gasteiger partial charge on any atom is -0.497 e. The van der Waals surface area contributed by atoms with E-state index >= 15 is 0 Å². The summed E-state index contributed by atoms with van der Waals surface area (Å²) in [6, 6.07) is 7.92. The number of rotatable bonds is 3. The van der Waals surface area contributed by atoms with Gasteiger partial charge in [-0.3, -0.25) is 4.79 Å². The second-order valence-corrected chi connectivity index (χ2v) is 6.04. The zero-order valence-corrected chi connectivity index (χ0v) is 14.1. The number of fused-ring (bicyclic) bond motifs is 3. The predicted molar refractivity (Wildman–Crippen MR) is 95.7 cm³/mol. The van der Waals surface area contributed by atoms with E-state index < -0.39 is 5.91 Å². The Hall–Kier alpha value is -3.35. The first kappa shape index (κ1) is 15.2. The maximum absolute atomic E-state index is 11.6. The number of carbonyl (C=O) groups excluding carboxylic acids is 1. The number of aromatic amines is 2. The molecular formula is C18H17N5O2. The van der Waals surface area contributed by atoms with Gasteiger partial charge in [-0.1, -0.05) is 0 Å². The topological polar surface area (TPSA) is 110 Å². The van der Waals surface area contributed by atoms with Crippen LogP contribution in [-0.4, -0.2) is 33.4 Å². The van der Waals surface area contributed by atoms with E-state index in [9.17, 15) is 4.79 Å². The second kappa shape index (κ2) is 5.34. The van der Waals surface area contributed by atoms with E-state index in [-0.39, 0.29) is 5.69 Å². The highest BCUT2D eigenvalue weighted by atomic mass is 16.5. The van der Waals surface area contributed by atoms with Gasteiger partial charge in [0, 0.05) is 27.4 Å². The Morgan fingerprint density at radius 3 is 2.72 bits per heavy atom. The van der Waals surface area contributed by atoms with Gasteiger partial charge in [-0.2, -0.15) is 15.4 Å². The molecule has 0 atom stereocenters. The van der Waals surface area contributed by atoms with Crippen LogP contribution in [0.1, 0.15) is 21.6 Å². The first-order valence-electron chi connectivity index (χ1n) is 7.81. The smallest absolute Gasteiger partial charge is 0.271 e. The van der Waals surface area contributed by atoms with Crippen molar-refractivity contribution in [2.75, 3.05) is 7.11 Å². The molecular weight excluding hydrogens is 318 g/mol. The molecule has 7 nitrogen and oxygen atoms in total. The molecule has 25 heavy (non-hydrogen) atoms. The Morgan fingerprint density at radius 1 is 1.20 bits per heavy atom. The standard InChI is InChI=1S/C18H17N5O2/c1-8-6-11(16-17(18(19)24)22-23-21-16)9(2)14-12-7-10(25-3)4-5-13(12)20-15(8)14/h4-7,20H,1-3H3,(H2,19,24)(H,21,22,23). The summed E-state index contributed by atoms with van der Waals surface area (Å²) in [6.07, 6.45) is 0. The zero-order valence-electron chi connectivity index (χ0n) is 14.1. The third kappa shape index (κ3) is 2.16. The molecule has 0 unspecified atom stereocenters. The molecule has 0 fully saturated rings. The number of hydrogen-bond acceptors (Lipinski definition) is 4. The van der Waals surface area contributed by atoms with Crippen LogP contribution in [0.4, 0.5) is 0 Å². The van der Waals surface area contributed by atoms with Crippen LogP contribution in [-0.2, 0) is 0 Å². The molecule has 0 radical (unpaired) electrons. The van der Waals surface area contributed by atoms with Gasteiger partial charge in [0.25, 0.3) is 5.91 Å². The highest BCUT2D eigenvalue weighted by molar-refractivity contribution is 6.12. The highest BCUT2D eigenvalue weighted by Gasteiger charge is 2.20. The third-order valence-corrected chi connectivity index (χ3v) is 4.58. The number of amides is 1. The first-order valence-corrected chi connectivity index (χ1v) is 7.81. The molecule has 126 valence electrons. The number of nitrogens with zero attached hydrogens (tertiary/aromatic N) is 2. The van der Waals surface area contributed by atoms with Crippen LogP contribution in [0, 0.1) is 13.8 Å². The van der Waals surface area contributed by atoms with Crippen molar-refractivity contribution in [1.29, 1.82) is 0 Å². The van der Waals surface area contributed by atoms with Gasteiger partial charge in [0.05, 0.1) is 7.11 Å². The van der Waals surface area contributed by atoms with Gasteiger partial charge in [0.15, 0.2) is 5.69 Å². The van der Waals surface area contributed by atoms with E-state index in [1.807, 2.05) is 38.1 Å². The summed E-state index contributed by atoms with van der Waals surface area (Å²) in [5.74, 6) is 0.177. The Bertz CT molecular complexity index is 1140. The Balaban J connectivity index is 2.10. The summed E-state index contributed by atoms with van der Waals surface area (Å²) in [5.41, 5.74) is 11.0. The van der Waals surface area contributed by atoms with Gasteiger partial charge in [0.1, 0.15) is 11.4 Å². The highest BCUT2D eigenvalue weighted by Crippen LogP contribution is 2.37. The molecule has 1 amide bonds. The van der Waals surface area contributed by atoms with Crippen LogP contribution in [0.5, 0.6) is 5.75 Å². The summed E-state index contributed by atoms with van der Waals surface area (Å²) >= 11 is 0. The minimum atomic E-state index is -0.610. The van der Waals surface area contributed by atoms with Crippen LogP contribution < -0.4 is 10.5 Å². The van der Waals surface area contributed by atoms with Crippen LogP contribution in [0.3, 0.4) is 0 Å². The lowest BCUT2D eigenvalue weighted by Gasteiger charge is -2.09. The van der Waals surface area contributed by atoms with Crippen molar-refractivity contribution in [3.8, 4) is 17.0 Å². The first-order chi connectivity index (χ1) is 12.0. The number of benzene rings is 2. The lowest BCUT2D eigenvalue weighted by molar-refractivity contribution is 0.0996. The Kier molecular flexibility index (Phi) is 3.24. The van der Waals surface area contributed by atoms with E-state index in [2.05, 4.69) is 20.4 Å². The Morgan fingerprint density at radius 2 is 2.00 bits per heavy atom. The monoisotopic (exact) mass is 335 g/mol. The largest absolute Gasteiger partial charge is 0.497 e. The summed E-state index contributed by atoms with van der Waals surface area (Å²) in [6.45, 7) is 4.02. The SMILES string of the molecule is COc1ccc2[nH]c3c(C)cc(-c4n[nH]nc4C(N)=O)c(C)c3c2c1. The summed E-state index contributed by atoms with van der Waals surface area (Å²) in [7, 11) is 1.65. The van der Waals surface area contributed by atoms with Crippen molar-refractivity contribution >= 4 is 27.7 Å². The number of aryl methyl sites for hydroxylation is 2. The van der Waals surface area contributed by atoms with Crippen molar-refractivity contribution in [1.82, 2.24) is 20.4 Å². The van der Waals surface area contributed by atoms with Crippen LogP contribution >= 0.6 is 0 Å². The molecule has 0 aliphatic heterocycles. The van der Waals surface area contributed by atoms with Crippen molar-refractivity contribution in [3.63, 3.8) is 0 Å². The molecule has 0 saturated heterocycles.